The quantitative estimate of drug-likeness (QED) is 0.853. The van der Waals surface area contributed by atoms with E-state index in [1.807, 2.05) is 29.2 Å². The molecule has 3 rings (SSSR count). The zero-order chi connectivity index (χ0) is 19.1. The minimum absolute atomic E-state index is 0.0210. The summed E-state index contributed by atoms with van der Waals surface area (Å²) in [6.45, 7) is 2.04. The van der Waals surface area contributed by atoms with Crippen molar-refractivity contribution >= 4 is 23.4 Å². The first-order valence-electron chi connectivity index (χ1n) is 9.41. The van der Waals surface area contributed by atoms with Gasteiger partial charge in [0.15, 0.2) is 0 Å². The van der Waals surface area contributed by atoms with Gasteiger partial charge in [0, 0.05) is 36.4 Å². The highest BCUT2D eigenvalue weighted by Crippen LogP contribution is 2.14. The summed E-state index contributed by atoms with van der Waals surface area (Å²) in [4.78, 5) is 31.1. The fourth-order valence-corrected chi connectivity index (χ4v) is 3.46. The number of carbonyl (C=O) groups is 2. The number of likely N-dealkylation sites (tertiary alicyclic amines) is 1. The van der Waals surface area contributed by atoms with Gasteiger partial charge in [0.05, 0.1) is 0 Å². The molecule has 1 aromatic heterocycles. The Bertz CT molecular complexity index is 802. The highest BCUT2D eigenvalue weighted by Gasteiger charge is 2.18. The molecule has 0 saturated carbocycles. The Labute approximate surface area is 164 Å². The Balaban J connectivity index is 1.58. The SMILES string of the molecule is O=C(NCCc1cccc(Cl)c1)c1cc(C(=O)N2CCCCCC2)ccn1. The van der Waals surface area contributed by atoms with Crippen LogP contribution in [0, 0.1) is 0 Å². The zero-order valence-corrected chi connectivity index (χ0v) is 16.0. The third kappa shape index (κ3) is 5.54. The molecule has 0 atom stereocenters. The molecule has 1 fully saturated rings. The number of carbonyl (C=O) groups excluding carboxylic acids is 2. The Hall–Kier alpha value is -2.40. The van der Waals surface area contributed by atoms with Gasteiger partial charge in [-0.05, 0) is 49.1 Å². The predicted molar refractivity (Wildman–Crippen MR) is 106 cm³/mol. The van der Waals surface area contributed by atoms with Gasteiger partial charge in [-0.3, -0.25) is 14.6 Å². The van der Waals surface area contributed by atoms with Gasteiger partial charge in [0.2, 0.25) is 0 Å². The van der Waals surface area contributed by atoms with Gasteiger partial charge in [-0.25, -0.2) is 0 Å². The van der Waals surface area contributed by atoms with Gasteiger partial charge in [0.1, 0.15) is 5.69 Å². The van der Waals surface area contributed by atoms with Crippen molar-refractivity contribution < 1.29 is 9.59 Å². The van der Waals surface area contributed by atoms with Crippen molar-refractivity contribution in [2.75, 3.05) is 19.6 Å². The topological polar surface area (TPSA) is 62.3 Å². The Morgan fingerprint density at radius 3 is 2.59 bits per heavy atom. The molecule has 1 aliphatic rings. The first-order valence-corrected chi connectivity index (χ1v) is 9.79. The number of halogens is 1. The summed E-state index contributed by atoms with van der Waals surface area (Å²) in [7, 11) is 0. The molecule has 0 radical (unpaired) electrons. The molecule has 1 N–H and O–H groups in total. The number of aromatic nitrogens is 1. The standard InChI is InChI=1S/C21H24ClN3O2/c22-18-7-5-6-16(14-18)8-10-24-20(26)19-15-17(9-11-23-19)21(27)25-12-3-1-2-4-13-25/h5-7,9,11,14-15H,1-4,8,10,12-13H2,(H,24,26). The maximum absolute atomic E-state index is 12.7. The van der Waals surface area contributed by atoms with Crippen molar-refractivity contribution in [2.45, 2.75) is 32.1 Å². The first kappa shape index (κ1) is 19.4. The van der Waals surface area contributed by atoms with E-state index in [0.29, 0.717) is 23.6 Å². The molecule has 6 heteroatoms. The Morgan fingerprint density at radius 1 is 1.07 bits per heavy atom. The predicted octanol–water partition coefficient (Wildman–Crippen LogP) is 3.72. The summed E-state index contributed by atoms with van der Waals surface area (Å²) in [5.41, 5.74) is 1.84. The lowest BCUT2D eigenvalue weighted by Gasteiger charge is -2.20. The average Bonchev–Trinajstić information content (AvgIpc) is 2.97. The molecule has 0 spiro atoms. The molecular formula is C21H24ClN3O2. The van der Waals surface area contributed by atoms with Crippen molar-refractivity contribution in [3.05, 3.63) is 64.4 Å². The van der Waals surface area contributed by atoms with E-state index in [4.69, 9.17) is 11.6 Å². The number of benzene rings is 1. The van der Waals surface area contributed by atoms with Gasteiger partial charge >= 0.3 is 0 Å². The van der Waals surface area contributed by atoms with Crippen molar-refractivity contribution in [2.24, 2.45) is 0 Å². The zero-order valence-electron chi connectivity index (χ0n) is 15.3. The summed E-state index contributed by atoms with van der Waals surface area (Å²) in [5, 5.41) is 3.53. The number of amides is 2. The molecule has 2 heterocycles. The third-order valence-electron chi connectivity index (χ3n) is 4.72. The number of pyridine rings is 1. The van der Waals surface area contributed by atoms with Crippen LogP contribution in [0.3, 0.4) is 0 Å². The number of hydrogen-bond donors (Lipinski definition) is 1. The molecule has 0 aliphatic carbocycles. The molecule has 0 bridgehead atoms. The summed E-state index contributed by atoms with van der Waals surface area (Å²) in [6, 6.07) is 10.8. The first-order chi connectivity index (χ1) is 13.1. The van der Waals surface area contributed by atoms with Crippen LogP contribution < -0.4 is 5.32 Å². The lowest BCUT2D eigenvalue weighted by atomic mass is 10.1. The van der Waals surface area contributed by atoms with Gasteiger partial charge in [0.25, 0.3) is 11.8 Å². The maximum Gasteiger partial charge on any atom is 0.269 e. The molecule has 2 aromatic rings. The highest BCUT2D eigenvalue weighted by atomic mass is 35.5. The lowest BCUT2D eigenvalue weighted by molar-refractivity contribution is 0.0761. The minimum Gasteiger partial charge on any atom is -0.350 e. The van der Waals surface area contributed by atoms with E-state index >= 15 is 0 Å². The second-order valence-electron chi connectivity index (χ2n) is 6.77. The smallest absolute Gasteiger partial charge is 0.269 e. The van der Waals surface area contributed by atoms with Crippen molar-refractivity contribution in [3.63, 3.8) is 0 Å². The molecule has 1 saturated heterocycles. The van der Waals surface area contributed by atoms with E-state index < -0.39 is 0 Å². The Morgan fingerprint density at radius 2 is 1.85 bits per heavy atom. The van der Waals surface area contributed by atoms with Crippen LogP contribution in [0.1, 0.15) is 52.1 Å². The van der Waals surface area contributed by atoms with Crippen LogP contribution in [0.5, 0.6) is 0 Å². The second kappa shape index (κ2) is 9.51. The molecule has 2 amide bonds. The van der Waals surface area contributed by atoms with E-state index in [2.05, 4.69) is 10.3 Å². The minimum atomic E-state index is -0.275. The number of nitrogens with one attached hydrogen (secondary N) is 1. The highest BCUT2D eigenvalue weighted by molar-refractivity contribution is 6.30. The number of nitrogens with zero attached hydrogens (tertiary/aromatic N) is 2. The monoisotopic (exact) mass is 385 g/mol. The number of hydrogen-bond acceptors (Lipinski definition) is 3. The summed E-state index contributed by atoms with van der Waals surface area (Å²) in [5.74, 6) is -0.296. The van der Waals surface area contributed by atoms with Crippen molar-refractivity contribution in [1.82, 2.24) is 15.2 Å². The van der Waals surface area contributed by atoms with E-state index in [0.717, 1.165) is 31.5 Å². The molecule has 1 aromatic carbocycles. The summed E-state index contributed by atoms with van der Waals surface area (Å²) < 4.78 is 0. The summed E-state index contributed by atoms with van der Waals surface area (Å²) >= 11 is 5.97. The lowest BCUT2D eigenvalue weighted by Crippen LogP contribution is -2.32. The van der Waals surface area contributed by atoms with Crippen LogP contribution in [0.2, 0.25) is 5.02 Å². The van der Waals surface area contributed by atoms with Crippen LogP contribution in [0.4, 0.5) is 0 Å². The van der Waals surface area contributed by atoms with Gasteiger partial charge in [-0.1, -0.05) is 36.6 Å². The molecule has 0 unspecified atom stereocenters. The number of rotatable bonds is 5. The fourth-order valence-electron chi connectivity index (χ4n) is 3.25. The average molecular weight is 386 g/mol. The van der Waals surface area contributed by atoms with Gasteiger partial charge in [-0.2, -0.15) is 0 Å². The van der Waals surface area contributed by atoms with Crippen molar-refractivity contribution in [1.29, 1.82) is 0 Å². The molecule has 27 heavy (non-hydrogen) atoms. The molecule has 142 valence electrons. The molecular weight excluding hydrogens is 362 g/mol. The van der Waals surface area contributed by atoms with E-state index in [9.17, 15) is 9.59 Å². The van der Waals surface area contributed by atoms with Crippen molar-refractivity contribution in [3.8, 4) is 0 Å². The second-order valence-corrected chi connectivity index (χ2v) is 7.21. The largest absolute Gasteiger partial charge is 0.350 e. The van der Waals surface area contributed by atoms with Crippen LogP contribution in [-0.4, -0.2) is 41.3 Å². The third-order valence-corrected chi connectivity index (χ3v) is 4.96. The van der Waals surface area contributed by atoms with Crippen LogP contribution >= 0.6 is 11.6 Å². The van der Waals surface area contributed by atoms with Crippen LogP contribution in [0.25, 0.3) is 0 Å². The molecule has 5 nitrogen and oxygen atoms in total. The van der Waals surface area contributed by atoms with E-state index in [1.165, 1.54) is 19.0 Å². The van der Waals surface area contributed by atoms with Gasteiger partial charge < -0.3 is 10.2 Å². The van der Waals surface area contributed by atoms with Gasteiger partial charge in [-0.15, -0.1) is 0 Å². The Kier molecular flexibility index (Phi) is 6.82. The molecule has 1 aliphatic heterocycles. The van der Waals surface area contributed by atoms with Crippen LogP contribution in [0.15, 0.2) is 42.6 Å². The van der Waals surface area contributed by atoms with E-state index in [-0.39, 0.29) is 17.5 Å². The maximum atomic E-state index is 12.7. The normalized spacial score (nSPS) is 14.5. The fraction of sp³-hybridized carbons (Fsp3) is 0.381. The summed E-state index contributed by atoms with van der Waals surface area (Å²) in [6.07, 6.45) is 6.61. The van der Waals surface area contributed by atoms with E-state index in [1.54, 1.807) is 12.1 Å². The van der Waals surface area contributed by atoms with Crippen LogP contribution in [-0.2, 0) is 6.42 Å².